The molecule has 1 aromatic rings. The number of ether oxygens (including phenoxy) is 1. The van der Waals surface area contributed by atoms with Gasteiger partial charge < -0.3 is 9.64 Å². The van der Waals surface area contributed by atoms with E-state index in [0.29, 0.717) is 16.6 Å². The Labute approximate surface area is 123 Å². The zero-order valence-corrected chi connectivity index (χ0v) is 12.5. The average Bonchev–Trinajstić information content (AvgIpc) is 2.48. The van der Waals surface area contributed by atoms with E-state index in [4.69, 9.17) is 10.00 Å². The highest BCUT2D eigenvalue weighted by Crippen LogP contribution is 2.24. The molecule has 5 heteroatoms. The molecule has 0 bridgehead atoms. The van der Waals surface area contributed by atoms with Crippen molar-refractivity contribution < 1.29 is 9.53 Å². The van der Waals surface area contributed by atoms with Gasteiger partial charge >= 0.3 is 0 Å². The lowest BCUT2D eigenvalue weighted by molar-refractivity contribution is -0.135. The molecule has 1 aliphatic heterocycles. The molecule has 2 atom stereocenters. The molecular weight excluding hydrogens is 272 g/mol. The quantitative estimate of drug-likeness (QED) is 0.857. The molecule has 0 N–H and O–H groups in total. The number of thioether (sulfide) groups is 1. The highest BCUT2D eigenvalue weighted by atomic mass is 32.2. The maximum atomic E-state index is 12.2. The Morgan fingerprint density at radius 2 is 2.25 bits per heavy atom. The molecule has 0 radical (unpaired) electrons. The van der Waals surface area contributed by atoms with Crippen LogP contribution in [0.5, 0.6) is 5.75 Å². The number of hydrogen-bond donors (Lipinski definition) is 0. The molecule has 2 rings (SSSR count). The zero-order chi connectivity index (χ0) is 14.5. The summed E-state index contributed by atoms with van der Waals surface area (Å²) in [5.41, 5.74) is 0.455. The average molecular weight is 290 g/mol. The molecule has 106 valence electrons. The highest BCUT2D eigenvalue weighted by Gasteiger charge is 2.28. The second-order valence-corrected chi connectivity index (χ2v) is 6.29. The van der Waals surface area contributed by atoms with Gasteiger partial charge in [-0.2, -0.15) is 17.0 Å². The van der Waals surface area contributed by atoms with E-state index in [1.54, 1.807) is 24.3 Å². The first-order chi connectivity index (χ1) is 9.63. The Bertz CT molecular complexity index is 527. The van der Waals surface area contributed by atoms with Crippen LogP contribution in [0.1, 0.15) is 19.4 Å². The third kappa shape index (κ3) is 3.26. The van der Waals surface area contributed by atoms with Crippen molar-refractivity contribution in [3.63, 3.8) is 0 Å². The van der Waals surface area contributed by atoms with E-state index in [1.807, 2.05) is 16.7 Å². The predicted molar refractivity (Wildman–Crippen MR) is 79.7 cm³/mol. The van der Waals surface area contributed by atoms with Crippen LogP contribution in [-0.2, 0) is 4.79 Å². The van der Waals surface area contributed by atoms with E-state index in [-0.39, 0.29) is 18.6 Å². The Hall–Kier alpha value is -1.67. The zero-order valence-electron chi connectivity index (χ0n) is 11.7. The standard InChI is InChI=1S/C15H18N2O2S/c1-11-12(2)20-8-7-17(11)15(18)10-19-14-6-4-3-5-13(14)9-16/h3-6,11-12H,7-8,10H2,1-2H3. The number of nitriles is 1. The van der Waals surface area contributed by atoms with Crippen molar-refractivity contribution >= 4 is 17.7 Å². The van der Waals surface area contributed by atoms with E-state index in [0.717, 1.165) is 12.3 Å². The smallest absolute Gasteiger partial charge is 0.260 e. The largest absolute Gasteiger partial charge is 0.482 e. The van der Waals surface area contributed by atoms with Gasteiger partial charge in [0.05, 0.1) is 5.56 Å². The van der Waals surface area contributed by atoms with E-state index < -0.39 is 0 Å². The molecule has 1 amide bonds. The lowest BCUT2D eigenvalue weighted by atomic mass is 10.2. The van der Waals surface area contributed by atoms with Gasteiger partial charge in [0.25, 0.3) is 5.91 Å². The van der Waals surface area contributed by atoms with Crippen molar-refractivity contribution in [1.82, 2.24) is 4.90 Å². The lowest BCUT2D eigenvalue weighted by Gasteiger charge is -2.37. The van der Waals surface area contributed by atoms with Crippen LogP contribution in [0.3, 0.4) is 0 Å². The second-order valence-electron chi connectivity index (χ2n) is 4.80. The number of amides is 1. The number of carbonyl (C=O) groups excluding carboxylic acids is 1. The van der Waals surface area contributed by atoms with Crippen LogP contribution in [0.25, 0.3) is 0 Å². The van der Waals surface area contributed by atoms with Crippen molar-refractivity contribution in [2.24, 2.45) is 0 Å². The van der Waals surface area contributed by atoms with Crippen LogP contribution < -0.4 is 4.74 Å². The number of benzene rings is 1. The monoisotopic (exact) mass is 290 g/mol. The van der Waals surface area contributed by atoms with Crippen LogP contribution in [-0.4, -0.2) is 41.0 Å². The van der Waals surface area contributed by atoms with Crippen molar-refractivity contribution in [2.45, 2.75) is 25.1 Å². The van der Waals surface area contributed by atoms with E-state index in [2.05, 4.69) is 19.9 Å². The summed E-state index contributed by atoms with van der Waals surface area (Å²) in [4.78, 5) is 14.1. The fourth-order valence-electron chi connectivity index (χ4n) is 2.19. The molecule has 1 fully saturated rings. The molecular formula is C15H18N2O2S. The normalized spacial score (nSPS) is 22.1. The van der Waals surface area contributed by atoms with E-state index in [1.165, 1.54) is 0 Å². The van der Waals surface area contributed by atoms with Crippen molar-refractivity contribution in [2.75, 3.05) is 18.9 Å². The summed E-state index contributed by atoms with van der Waals surface area (Å²) in [7, 11) is 0. The third-order valence-electron chi connectivity index (χ3n) is 3.56. The summed E-state index contributed by atoms with van der Waals surface area (Å²) in [6.45, 7) is 4.96. The molecule has 0 aliphatic carbocycles. The molecule has 1 saturated heterocycles. The maximum absolute atomic E-state index is 12.2. The minimum absolute atomic E-state index is 0.0135. The Balaban J connectivity index is 1.97. The number of hydrogen-bond acceptors (Lipinski definition) is 4. The van der Waals surface area contributed by atoms with E-state index >= 15 is 0 Å². The van der Waals surface area contributed by atoms with Gasteiger partial charge in [0.1, 0.15) is 11.8 Å². The second kappa shape index (κ2) is 6.67. The topological polar surface area (TPSA) is 53.3 Å². The van der Waals surface area contributed by atoms with E-state index in [9.17, 15) is 4.79 Å². The number of rotatable bonds is 3. The first-order valence-electron chi connectivity index (χ1n) is 6.66. The third-order valence-corrected chi connectivity index (χ3v) is 4.90. The van der Waals surface area contributed by atoms with Gasteiger partial charge in [-0.05, 0) is 19.1 Å². The fraction of sp³-hybridized carbons (Fsp3) is 0.467. The van der Waals surface area contributed by atoms with Gasteiger partial charge in [-0.15, -0.1) is 0 Å². The molecule has 1 aliphatic rings. The number of nitrogens with zero attached hydrogens (tertiary/aromatic N) is 2. The Morgan fingerprint density at radius 1 is 1.50 bits per heavy atom. The first kappa shape index (κ1) is 14.7. The molecule has 2 unspecified atom stereocenters. The van der Waals surface area contributed by atoms with Gasteiger partial charge in [0, 0.05) is 23.6 Å². The van der Waals surface area contributed by atoms with Crippen LogP contribution >= 0.6 is 11.8 Å². The molecule has 0 saturated carbocycles. The van der Waals surface area contributed by atoms with Crippen LogP contribution in [0.2, 0.25) is 0 Å². The minimum Gasteiger partial charge on any atom is -0.482 e. The van der Waals surface area contributed by atoms with Crippen molar-refractivity contribution in [1.29, 1.82) is 5.26 Å². The molecule has 0 aromatic heterocycles. The molecule has 1 aromatic carbocycles. The highest BCUT2D eigenvalue weighted by molar-refractivity contribution is 8.00. The lowest BCUT2D eigenvalue weighted by Crippen LogP contribution is -2.49. The Morgan fingerprint density at radius 3 is 3.00 bits per heavy atom. The summed E-state index contributed by atoms with van der Waals surface area (Å²) in [5.74, 6) is 1.42. The van der Waals surface area contributed by atoms with Gasteiger partial charge in [-0.3, -0.25) is 4.79 Å². The molecule has 4 nitrogen and oxygen atoms in total. The van der Waals surface area contributed by atoms with Crippen molar-refractivity contribution in [3.05, 3.63) is 29.8 Å². The maximum Gasteiger partial charge on any atom is 0.260 e. The number of carbonyl (C=O) groups is 1. The molecule has 1 heterocycles. The fourth-order valence-corrected chi connectivity index (χ4v) is 3.29. The predicted octanol–water partition coefficient (Wildman–Crippen LogP) is 2.29. The molecule has 0 spiro atoms. The SMILES string of the molecule is CC1SCCN(C(=O)COc2ccccc2C#N)C1C. The summed E-state index contributed by atoms with van der Waals surface area (Å²) in [6, 6.07) is 9.25. The number of para-hydroxylation sites is 1. The van der Waals surface area contributed by atoms with Crippen molar-refractivity contribution in [3.8, 4) is 11.8 Å². The minimum atomic E-state index is -0.0163. The summed E-state index contributed by atoms with van der Waals surface area (Å²) in [5, 5.41) is 9.42. The van der Waals surface area contributed by atoms with Gasteiger partial charge in [-0.1, -0.05) is 19.1 Å². The van der Waals surface area contributed by atoms with Gasteiger partial charge in [-0.25, -0.2) is 0 Å². The summed E-state index contributed by atoms with van der Waals surface area (Å²) in [6.07, 6.45) is 0. The van der Waals surface area contributed by atoms with Crippen LogP contribution in [0.15, 0.2) is 24.3 Å². The van der Waals surface area contributed by atoms with Gasteiger partial charge in [0.15, 0.2) is 6.61 Å². The Kier molecular flexibility index (Phi) is 4.91. The first-order valence-corrected chi connectivity index (χ1v) is 7.71. The van der Waals surface area contributed by atoms with Gasteiger partial charge in [0.2, 0.25) is 0 Å². The van der Waals surface area contributed by atoms with Crippen LogP contribution in [0.4, 0.5) is 0 Å². The van der Waals surface area contributed by atoms with Crippen LogP contribution in [0, 0.1) is 11.3 Å². The molecule has 20 heavy (non-hydrogen) atoms. The summed E-state index contributed by atoms with van der Waals surface area (Å²) < 4.78 is 5.51. The summed E-state index contributed by atoms with van der Waals surface area (Å²) >= 11 is 1.89.